The van der Waals surface area contributed by atoms with Crippen molar-refractivity contribution in [2.24, 2.45) is 0 Å². The fourth-order valence-corrected chi connectivity index (χ4v) is 1.41. The fourth-order valence-electron chi connectivity index (χ4n) is 1.41. The molecule has 0 N–H and O–H groups in total. The van der Waals surface area contributed by atoms with Gasteiger partial charge in [0.1, 0.15) is 17.7 Å². The molecule has 0 spiro atoms. The smallest absolute Gasteiger partial charge is 0.181 e. The SMILES string of the molecule is CCCCOc1ccc(-c2cocn2)cc1. The van der Waals surface area contributed by atoms with Gasteiger partial charge < -0.3 is 9.15 Å². The lowest BCUT2D eigenvalue weighted by molar-refractivity contribution is 0.309. The maximum atomic E-state index is 5.57. The first-order valence-corrected chi connectivity index (χ1v) is 5.51. The molecule has 16 heavy (non-hydrogen) atoms. The molecule has 1 heterocycles. The number of nitrogens with zero attached hydrogens (tertiary/aromatic N) is 1. The molecular weight excluding hydrogens is 202 g/mol. The zero-order valence-electron chi connectivity index (χ0n) is 9.35. The van der Waals surface area contributed by atoms with Gasteiger partial charge in [-0.1, -0.05) is 13.3 Å². The predicted molar refractivity (Wildman–Crippen MR) is 62.3 cm³/mol. The lowest BCUT2D eigenvalue weighted by atomic mass is 10.2. The molecule has 0 saturated heterocycles. The summed E-state index contributed by atoms with van der Waals surface area (Å²) in [5.41, 5.74) is 1.89. The molecule has 0 bridgehead atoms. The maximum absolute atomic E-state index is 5.57. The second-order valence-corrected chi connectivity index (χ2v) is 3.60. The largest absolute Gasteiger partial charge is 0.494 e. The molecule has 0 fully saturated rings. The Kier molecular flexibility index (Phi) is 3.59. The van der Waals surface area contributed by atoms with Crippen LogP contribution < -0.4 is 4.74 Å². The van der Waals surface area contributed by atoms with Crippen molar-refractivity contribution in [3.05, 3.63) is 36.9 Å². The van der Waals surface area contributed by atoms with Crippen molar-refractivity contribution in [3.8, 4) is 17.0 Å². The lowest BCUT2D eigenvalue weighted by Crippen LogP contribution is -1.95. The molecule has 1 aromatic carbocycles. The second-order valence-electron chi connectivity index (χ2n) is 3.60. The van der Waals surface area contributed by atoms with E-state index in [4.69, 9.17) is 9.15 Å². The number of ether oxygens (including phenoxy) is 1. The van der Waals surface area contributed by atoms with Crippen molar-refractivity contribution in [1.82, 2.24) is 4.98 Å². The summed E-state index contributed by atoms with van der Waals surface area (Å²) in [4.78, 5) is 4.08. The third-order valence-corrected chi connectivity index (χ3v) is 2.35. The Labute approximate surface area is 95.1 Å². The highest BCUT2D eigenvalue weighted by Gasteiger charge is 2.00. The molecule has 0 amide bonds. The number of hydrogen-bond donors (Lipinski definition) is 0. The Balaban J connectivity index is 2.00. The van der Waals surface area contributed by atoms with E-state index < -0.39 is 0 Å². The summed E-state index contributed by atoms with van der Waals surface area (Å²) in [7, 11) is 0. The highest BCUT2D eigenvalue weighted by Crippen LogP contribution is 2.20. The van der Waals surface area contributed by atoms with E-state index in [0.29, 0.717) is 0 Å². The Morgan fingerprint density at radius 2 is 2.06 bits per heavy atom. The van der Waals surface area contributed by atoms with Crippen LogP contribution in [-0.4, -0.2) is 11.6 Å². The summed E-state index contributed by atoms with van der Waals surface area (Å²) in [5.74, 6) is 0.903. The molecule has 0 atom stereocenters. The molecule has 1 aromatic heterocycles. The number of aromatic nitrogens is 1. The van der Waals surface area contributed by atoms with Crippen LogP contribution in [0.5, 0.6) is 5.75 Å². The monoisotopic (exact) mass is 217 g/mol. The van der Waals surface area contributed by atoms with Gasteiger partial charge in [-0.2, -0.15) is 0 Å². The first kappa shape index (κ1) is 10.7. The van der Waals surface area contributed by atoms with Gasteiger partial charge in [0.05, 0.1) is 6.61 Å². The number of rotatable bonds is 5. The average molecular weight is 217 g/mol. The molecule has 0 saturated carbocycles. The van der Waals surface area contributed by atoms with Crippen LogP contribution in [-0.2, 0) is 0 Å². The molecule has 2 aromatic rings. The van der Waals surface area contributed by atoms with E-state index in [1.54, 1.807) is 6.26 Å². The van der Waals surface area contributed by atoms with E-state index in [0.717, 1.165) is 36.5 Å². The van der Waals surface area contributed by atoms with Gasteiger partial charge in [0, 0.05) is 5.56 Å². The van der Waals surface area contributed by atoms with E-state index in [-0.39, 0.29) is 0 Å². The molecular formula is C13H15NO2. The minimum absolute atomic E-state index is 0.778. The zero-order chi connectivity index (χ0) is 11.2. The van der Waals surface area contributed by atoms with Crippen LogP contribution in [0, 0.1) is 0 Å². The molecule has 0 unspecified atom stereocenters. The van der Waals surface area contributed by atoms with Gasteiger partial charge in [-0.25, -0.2) is 4.98 Å². The first-order valence-electron chi connectivity index (χ1n) is 5.51. The van der Waals surface area contributed by atoms with Crippen molar-refractivity contribution in [1.29, 1.82) is 0 Å². The standard InChI is InChI=1S/C13H15NO2/c1-2-3-8-16-12-6-4-11(5-7-12)13-9-15-10-14-13/h4-7,9-10H,2-3,8H2,1H3. The molecule has 3 heteroatoms. The van der Waals surface area contributed by atoms with Crippen LogP contribution in [0.2, 0.25) is 0 Å². The van der Waals surface area contributed by atoms with Gasteiger partial charge in [-0.05, 0) is 30.7 Å². The van der Waals surface area contributed by atoms with E-state index in [1.165, 1.54) is 6.39 Å². The number of oxazole rings is 1. The number of unbranched alkanes of at least 4 members (excludes halogenated alkanes) is 1. The van der Waals surface area contributed by atoms with Crippen LogP contribution in [0.4, 0.5) is 0 Å². The highest BCUT2D eigenvalue weighted by molar-refractivity contribution is 5.58. The Morgan fingerprint density at radius 3 is 2.69 bits per heavy atom. The maximum Gasteiger partial charge on any atom is 0.181 e. The quantitative estimate of drug-likeness (QED) is 0.719. The molecule has 3 nitrogen and oxygen atoms in total. The summed E-state index contributed by atoms with van der Waals surface area (Å²) in [6.07, 6.45) is 5.30. The topological polar surface area (TPSA) is 35.3 Å². The summed E-state index contributed by atoms with van der Waals surface area (Å²) in [5, 5.41) is 0. The summed E-state index contributed by atoms with van der Waals surface area (Å²) in [6, 6.07) is 7.89. The van der Waals surface area contributed by atoms with Crippen LogP contribution >= 0.6 is 0 Å². The minimum Gasteiger partial charge on any atom is -0.494 e. The Hall–Kier alpha value is -1.77. The van der Waals surface area contributed by atoms with Crippen LogP contribution in [0.15, 0.2) is 41.3 Å². The van der Waals surface area contributed by atoms with Gasteiger partial charge in [0.2, 0.25) is 0 Å². The third kappa shape index (κ3) is 2.63. The van der Waals surface area contributed by atoms with Gasteiger partial charge >= 0.3 is 0 Å². The Morgan fingerprint density at radius 1 is 1.25 bits per heavy atom. The van der Waals surface area contributed by atoms with Crippen molar-refractivity contribution in [2.45, 2.75) is 19.8 Å². The van der Waals surface area contributed by atoms with Gasteiger partial charge in [-0.3, -0.25) is 0 Å². The van der Waals surface area contributed by atoms with Crippen LogP contribution in [0.25, 0.3) is 11.3 Å². The van der Waals surface area contributed by atoms with Crippen molar-refractivity contribution >= 4 is 0 Å². The predicted octanol–water partition coefficient (Wildman–Crippen LogP) is 3.52. The minimum atomic E-state index is 0.778. The highest BCUT2D eigenvalue weighted by atomic mass is 16.5. The molecule has 0 aliphatic heterocycles. The van der Waals surface area contributed by atoms with E-state index in [1.807, 2.05) is 24.3 Å². The first-order chi connectivity index (χ1) is 7.90. The summed E-state index contributed by atoms with van der Waals surface area (Å²) in [6.45, 7) is 2.93. The van der Waals surface area contributed by atoms with E-state index in [2.05, 4.69) is 11.9 Å². The van der Waals surface area contributed by atoms with Crippen molar-refractivity contribution in [3.63, 3.8) is 0 Å². The van der Waals surface area contributed by atoms with Crippen molar-refractivity contribution in [2.75, 3.05) is 6.61 Å². The summed E-state index contributed by atoms with van der Waals surface area (Å²) >= 11 is 0. The molecule has 0 aliphatic carbocycles. The number of hydrogen-bond acceptors (Lipinski definition) is 3. The number of benzene rings is 1. The fraction of sp³-hybridized carbons (Fsp3) is 0.308. The lowest BCUT2D eigenvalue weighted by Gasteiger charge is -2.05. The van der Waals surface area contributed by atoms with Gasteiger partial charge in [-0.15, -0.1) is 0 Å². The Bertz CT molecular complexity index is 406. The van der Waals surface area contributed by atoms with Crippen LogP contribution in [0.1, 0.15) is 19.8 Å². The molecule has 0 aliphatic rings. The molecule has 2 rings (SSSR count). The molecule has 84 valence electrons. The van der Waals surface area contributed by atoms with Gasteiger partial charge in [0.25, 0.3) is 0 Å². The normalized spacial score (nSPS) is 10.3. The molecule has 0 radical (unpaired) electrons. The average Bonchev–Trinajstić information content (AvgIpc) is 2.84. The third-order valence-electron chi connectivity index (χ3n) is 2.35. The van der Waals surface area contributed by atoms with E-state index >= 15 is 0 Å². The summed E-state index contributed by atoms with van der Waals surface area (Å²) < 4.78 is 10.5. The van der Waals surface area contributed by atoms with Crippen LogP contribution in [0.3, 0.4) is 0 Å². The zero-order valence-corrected chi connectivity index (χ0v) is 9.35. The van der Waals surface area contributed by atoms with Gasteiger partial charge in [0.15, 0.2) is 6.39 Å². The second kappa shape index (κ2) is 5.35. The van der Waals surface area contributed by atoms with E-state index in [9.17, 15) is 0 Å². The van der Waals surface area contributed by atoms with Crippen molar-refractivity contribution < 1.29 is 9.15 Å².